The van der Waals surface area contributed by atoms with E-state index in [1.54, 1.807) is 11.4 Å². The molecule has 9 heavy (non-hydrogen) atoms. The summed E-state index contributed by atoms with van der Waals surface area (Å²) in [5.41, 5.74) is 0.699. The predicted molar refractivity (Wildman–Crippen MR) is 39.3 cm³/mol. The van der Waals surface area contributed by atoms with Gasteiger partial charge in [-0.25, -0.2) is 0 Å². The van der Waals surface area contributed by atoms with Crippen LogP contribution in [0.1, 0.15) is 17.3 Å². The number of Topliss-reactive ketones (excluding diaryl/α,β-unsaturated/α-hetero) is 1. The molecule has 0 atom stereocenters. The Balaban J connectivity index is 2.98. The summed E-state index contributed by atoms with van der Waals surface area (Å²) in [7, 11) is 0. The molecule has 0 saturated carbocycles. The third-order valence-corrected chi connectivity index (χ3v) is 2.07. The highest BCUT2D eigenvalue weighted by Crippen LogP contribution is 2.19. The SMILES string of the molecule is CC(=O)c1csc(Cl)c1. The number of carbonyl (C=O) groups excluding carboxylic acids is 1. The molecule has 0 fully saturated rings. The van der Waals surface area contributed by atoms with Gasteiger partial charge in [0.05, 0.1) is 4.34 Å². The third kappa shape index (κ3) is 1.53. The van der Waals surface area contributed by atoms with Crippen molar-refractivity contribution in [3.63, 3.8) is 0 Å². The third-order valence-electron chi connectivity index (χ3n) is 0.974. The number of hydrogen-bond acceptors (Lipinski definition) is 2. The van der Waals surface area contributed by atoms with E-state index in [2.05, 4.69) is 0 Å². The van der Waals surface area contributed by atoms with Crippen molar-refractivity contribution in [3.05, 3.63) is 21.3 Å². The van der Waals surface area contributed by atoms with E-state index in [9.17, 15) is 4.79 Å². The molecule has 0 bridgehead atoms. The van der Waals surface area contributed by atoms with Gasteiger partial charge < -0.3 is 0 Å². The molecule has 1 nitrogen and oxygen atoms in total. The fourth-order valence-corrected chi connectivity index (χ4v) is 1.41. The van der Waals surface area contributed by atoms with Gasteiger partial charge in [-0.05, 0) is 13.0 Å². The second-order valence-electron chi connectivity index (χ2n) is 1.70. The first-order valence-corrected chi connectivity index (χ1v) is 3.71. The van der Waals surface area contributed by atoms with E-state index in [4.69, 9.17) is 11.6 Å². The zero-order valence-electron chi connectivity index (χ0n) is 4.85. The summed E-state index contributed by atoms with van der Waals surface area (Å²) in [6.45, 7) is 1.53. The molecule has 0 amide bonds. The molecular weight excluding hydrogens is 156 g/mol. The summed E-state index contributed by atoms with van der Waals surface area (Å²) >= 11 is 6.95. The molecule has 1 aromatic rings. The van der Waals surface area contributed by atoms with Crippen molar-refractivity contribution in [2.75, 3.05) is 0 Å². The largest absolute Gasteiger partial charge is 0.294 e. The molecule has 0 N–H and O–H groups in total. The van der Waals surface area contributed by atoms with Crippen molar-refractivity contribution in [1.29, 1.82) is 0 Å². The van der Waals surface area contributed by atoms with Gasteiger partial charge in [0.1, 0.15) is 0 Å². The number of halogens is 1. The monoisotopic (exact) mass is 160 g/mol. The zero-order chi connectivity index (χ0) is 6.85. The van der Waals surface area contributed by atoms with Crippen LogP contribution in [0.3, 0.4) is 0 Å². The van der Waals surface area contributed by atoms with E-state index >= 15 is 0 Å². The van der Waals surface area contributed by atoms with Crippen molar-refractivity contribution in [2.24, 2.45) is 0 Å². The van der Waals surface area contributed by atoms with Crippen molar-refractivity contribution in [1.82, 2.24) is 0 Å². The Labute approximate surface area is 62.3 Å². The Kier molecular flexibility index (Phi) is 1.88. The average Bonchev–Trinajstić information content (AvgIpc) is 2.14. The second kappa shape index (κ2) is 2.50. The average molecular weight is 161 g/mol. The van der Waals surface area contributed by atoms with Crippen LogP contribution in [-0.2, 0) is 0 Å². The lowest BCUT2D eigenvalue weighted by atomic mass is 10.2. The minimum absolute atomic E-state index is 0.0677. The maximum absolute atomic E-state index is 10.6. The van der Waals surface area contributed by atoms with Crippen LogP contribution in [0, 0.1) is 0 Å². The summed E-state index contributed by atoms with van der Waals surface area (Å²) in [5, 5.41) is 1.75. The van der Waals surface area contributed by atoms with Crippen LogP contribution in [0.2, 0.25) is 4.34 Å². The van der Waals surface area contributed by atoms with Crippen LogP contribution >= 0.6 is 22.9 Å². The molecule has 1 heterocycles. The Hall–Kier alpha value is -0.340. The lowest BCUT2D eigenvalue weighted by molar-refractivity contribution is 0.101. The minimum atomic E-state index is 0.0677. The zero-order valence-corrected chi connectivity index (χ0v) is 6.42. The molecule has 3 heteroatoms. The summed E-state index contributed by atoms with van der Waals surface area (Å²) < 4.78 is 0.667. The Morgan fingerprint density at radius 2 is 2.44 bits per heavy atom. The molecular formula is C6H5ClOS. The van der Waals surface area contributed by atoms with Gasteiger partial charge in [0.2, 0.25) is 0 Å². The van der Waals surface area contributed by atoms with E-state index in [-0.39, 0.29) is 5.78 Å². The van der Waals surface area contributed by atoms with E-state index in [0.717, 1.165) is 0 Å². The number of hydrogen-bond donors (Lipinski definition) is 0. The van der Waals surface area contributed by atoms with Crippen LogP contribution < -0.4 is 0 Å². The molecule has 0 radical (unpaired) electrons. The lowest BCUT2D eigenvalue weighted by Gasteiger charge is -1.80. The van der Waals surface area contributed by atoms with Crippen molar-refractivity contribution < 1.29 is 4.79 Å². The van der Waals surface area contributed by atoms with Crippen LogP contribution in [0.4, 0.5) is 0 Å². The molecule has 0 aliphatic carbocycles. The van der Waals surface area contributed by atoms with E-state index in [1.807, 2.05) is 0 Å². The van der Waals surface area contributed by atoms with Gasteiger partial charge in [0, 0.05) is 10.9 Å². The standard InChI is InChI=1S/C6H5ClOS/c1-4(8)5-2-6(7)9-3-5/h2-3H,1H3. The molecule has 0 aliphatic rings. The van der Waals surface area contributed by atoms with Gasteiger partial charge in [-0.1, -0.05) is 11.6 Å². The quantitative estimate of drug-likeness (QED) is 0.578. The van der Waals surface area contributed by atoms with Gasteiger partial charge in [0.25, 0.3) is 0 Å². The minimum Gasteiger partial charge on any atom is -0.294 e. The normalized spacial score (nSPS) is 9.56. The van der Waals surface area contributed by atoms with Crippen LogP contribution in [0.5, 0.6) is 0 Å². The first-order valence-electron chi connectivity index (χ1n) is 2.45. The smallest absolute Gasteiger partial charge is 0.160 e. The predicted octanol–water partition coefficient (Wildman–Crippen LogP) is 2.60. The van der Waals surface area contributed by atoms with E-state index in [1.165, 1.54) is 18.3 Å². The van der Waals surface area contributed by atoms with E-state index < -0.39 is 0 Å². The summed E-state index contributed by atoms with van der Waals surface area (Å²) in [5.74, 6) is 0.0677. The highest BCUT2D eigenvalue weighted by Gasteiger charge is 2.00. The molecule has 48 valence electrons. The molecule has 0 aliphatic heterocycles. The summed E-state index contributed by atoms with van der Waals surface area (Å²) in [4.78, 5) is 10.6. The van der Waals surface area contributed by atoms with Crippen molar-refractivity contribution >= 4 is 28.7 Å². The highest BCUT2D eigenvalue weighted by atomic mass is 35.5. The molecule has 1 rings (SSSR count). The Morgan fingerprint density at radius 1 is 1.78 bits per heavy atom. The Bertz CT molecular complexity index is 229. The fraction of sp³-hybridized carbons (Fsp3) is 0.167. The maximum Gasteiger partial charge on any atom is 0.160 e. The van der Waals surface area contributed by atoms with Gasteiger partial charge >= 0.3 is 0 Å². The first kappa shape index (κ1) is 6.78. The van der Waals surface area contributed by atoms with Crippen LogP contribution in [-0.4, -0.2) is 5.78 Å². The van der Waals surface area contributed by atoms with Crippen molar-refractivity contribution in [2.45, 2.75) is 6.92 Å². The van der Waals surface area contributed by atoms with Gasteiger partial charge in [-0.3, -0.25) is 4.79 Å². The van der Waals surface area contributed by atoms with Gasteiger partial charge in [-0.2, -0.15) is 0 Å². The molecule has 0 saturated heterocycles. The summed E-state index contributed by atoms with van der Waals surface area (Å²) in [6, 6.07) is 1.68. The second-order valence-corrected chi connectivity index (χ2v) is 3.24. The van der Waals surface area contributed by atoms with Crippen LogP contribution in [0.25, 0.3) is 0 Å². The molecule has 0 spiro atoms. The van der Waals surface area contributed by atoms with Crippen LogP contribution in [0.15, 0.2) is 11.4 Å². The van der Waals surface area contributed by atoms with Gasteiger partial charge in [-0.15, -0.1) is 11.3 Å². The fourth-order valence-electron chi connectivity index (χ4n) is 0.495. The highest BCUT2D eigenvalue weighted by molar-refractivity contribution is 7.14. The lowest BCUT2D eigenvalue weighted by Crippen LogP contribution is -1.85. The molecule has 1 aromatic heterocycles. The number of thiophene rings is 1. The number of rotatable bonds is 1. The van der Waals surface area contributed by atoms with Gasteiger partial charge in [0.15, 0.2) is 5.78 Å². The Morgan fingerprint density at radius 3 is 2.67 bits per heavy atom. The maximum atomic E-state index is 10.6. The summed E-state index contributed by atoms with van der Waals surface area (Å²) in [6.07, 6.45) is 0. The number of ketones is 1. The molecule has 0 unspecified atom stereocenters. The topological polar surface area (TPSA) is 17.1 Å². The van der Waals surface area contributed by atoms with E-state index in [0.29, 0.717) is 9.90 Å². The van der Waals surface area contributed by atoms with Crippen molar-refractivity contribution in [3.8, 4) is 0 Å². The molecule has 0 aromatic carbocycles. The number of carbonyl (C=O) groups is 1. The first-order chi connectivity index (χ1) is 4.20.